The quantitative estimate of drug-likeness (QED) is 0.577. The van der Waals surface area contributed by atoms with Gasteiger partial charge in [0.05, 0.1) is 6.42 Å². The Kier molecular flexibility index (Phi) is 3.01. The van der Waals surface area contributed by atoms with E-state index in [1.54, 1.807) is 23.9 Å². The highest BCUT2D eigenvalue weighted by atomic mass is 16.2. The molecule has 0 aromatic heterocycles. The van der Waals surface area contributed by atoms with Crippen molar-refractivity contribution in [3.63, 3.8) is 0 Å². The summed E-state index contributed by atoms with van der Waals surface area (Å²) < 4.78 is 0. The Bertz CT molecular complexity index is 490. The Morgan fingerprint density at radius 1 is 1.53 bits per heavy atom. The maximum absolute atomic E-state index is 11.5. The highest BCUT2D eigenvalue weighted by Crippen LogP contribution is 2.28. The van der Waals surface area contributed by atoms with E-state index < -0.39 is 0 Å². The maximum Gasteiger partial charge on any atom is 0.231 e. The van der Waals surface area contributed by atoms with E-state index in [2.05, 4.69) is 12.3 Å². The second kappa shape index (κ2) is 4.46. The number of nitriles is 1. The number of anilines is 1. The number of benzene rings is 1. The average molecular weight is 229 g/mol. The standard InChI is InChI=1S/C13H15N3O/c1-15(9-14)6-5-10-3-4-12-11(7-10)8-13(17)16(12)2/h3-4,7H,5-6,8H2,1-2H3. The highest BCUT2D eigenvalue weighted by molar-refractivity contribution is 6.00. The van der Waals surface area contributed by atoms with Crippen LogP contribution in [-0.2, 0) is 17.6 Å². The minimum Gasteiger partial charge on any atom is -0.315 e. The number of fused-ring (bicyclic) bond motifs is 1. The molecule has 1 aromatic carbocycles. The summed E-state index contributed by atoms with van der Waals surface area (Å²) in [5, 5.41) is 8.66. The van der Waals surface area contributed by atoms with Crippen LogP contribution in [0.3, 0.4) is 0 Å². The average Bonchev–Trinajstić information content (AvgIpc) is 2.62. The molecule has 0 saturated heterocycles. The first-order valence-electron chi connectivity index (χ1n) is 5.61. The van der Waals surface area contributed by atoms with Gasteiger partial charge in [0.1, 0.15) is 0 Å². The first kappa shape index (κ1) is 11.5. The van der Waals surface area contributed by atoms with Crippen molar-refractivity contribution >= 4 is 11.6 Å². The third-order valence-corrected chi connectivity index (χ3v) is 3.13. The summed E-state index contributed by atoms with van der Waals surface area (Å²) in [6, 6.07) is 6.09. The Morgan fingerprint density at radius 3 is 3.00 bits per heavy atom. The number of amides is 1. The molecule has 17 heavy (non-hydrogen) atoms. The van der Waals surface area contributed by atoms with Crippen LogP contribution in [0.2, 0.25) is 0 Å². The van der Waals surface area contributed by atoms with Crippen molar-refractivity contribution in [2.45, 2.75) is 12.8 Å². The zero-order chi connectivity index (χ0) is 12.4. The molecule has 0 unspecified atom stereocenters. The Labute approximate surface area is 101 Å². The van der Waals surface area contributed by atoms with Crippen LogP contribution >= 0.6 is 0 Å². The number of rotatable bonds is 3. The summed E-state index contributed by atoms with van der Waals surface area (Å²) in [7, 11) is 3.57. The maximum atomic E-state index is 11.5. The molecule has 0 bridgehead atoms. The minimum absolute atomic E-state index is 0.145. The number of nitrogens with zero attached hydrogens (tertiary/aromatic N) is 3. The molecule has 0 saturated carbocycles. The summed E-state index contributed by atoms with van der Waals surface area (Å²) in [6.45, 7) is 0.707. The monoisotopic (exact) mass is 229 g/mol. The van der Waals surface area contributed by atoms with Crippen LogP contribution in [0.4, 0.5) is 5.69 Å². The molecule has 2 rings (SSSR count). The number of likely N-dealkylation sites (N-methyl/N-ethyl adjacent to an activating group) is 2. The summed E-state index contributed by atoms with van der Waals surface area (Å²) in [5.74, 6) is 0.145. The van der Waals surface area contributed by atoms with Gasteiger partial charge >= 0.3 is 0 Å². The molecule has 1 aliphatic heterocycles. The van der Waals surface area contributed by atoms with Crippen LogP contribution in [0.1, 0.15) is 11.1 Å². The van der Waals surface area contributed by atoms with Crippen molar-refractivity contribution in [3.8, 4) is 6.19 Å². The van der Waals surface area contributed by atoms with Gasteiger partial charge in [-0.15, -0.1) is 0 Å². The van der Waals surface area contributed by atoms with E-state index in [0.29, 0.717) is 13.0 Å². The summed E-state index contributed by atoms with van der Waals surface area (Å²) >= 11 is 0. The molecule has 88 valence electrons. The van der Waals surface area contributed by atoms with E-state index >= 15 is 0 Å². The molecule has 0 N–H and O–H groups in total. The van der Waals surface area contributed by atoms with Crippen LogP contribution in [0.5, 0.6) is 0 Å². The molecule has 4 heteroatoms. The fourth-order valence-electron chi connectivity index (χ4n) is 2.03. The first-order chi connectivity index (χ1) is 8.11. The lowest BCUT2D eigenvalue weighted by Crippen LogP contribution is -2.20. The molecular formula is C13H15N3O. The lowest BCUT2D eigenvalue weighted by Gasteiger charge is -2.11. The number of carbonyl (C=O) groups excluding carboxylic acids is 1. The van der Waals surface area contributed by atoms with E-state index in [1.165, 1.54) is 5.56 Å². The fourth-order valence-corrected chi connectivity index (χ4v) is 2.03. The number of hydrogen-bond donors (Lipinski definition) is 0. The van der Waals surface area contributed by atoms with E-state index in [9.17, 15) is 4.79 Å². The molecule has 0 spiro atoms. The molecule has 1 amide bonds. The SMILES string of the molecule is CN(C#N)CCc1ccc2c(c1)CC(=O)N2C. The van der Waals surface area contributed by atoms with E-state index in [-0.39, 0.29) is 5.91 Å². The van der Waals surface area contributed by atoms with Crippen molar-refractivity contribution in [3.05, 3.63) is 29.3 Å². The second-order valence-electron chi connectivity index (χ2n) is 4.36. The molecule has 1 aliphatic rings. The van der Waals surface area contributed by atoms with E-state index in [4.69, 9.17) is 5.26 Å². The molecule has 1 heterocycles. The van der Waals surface area contributed by atoms with Crippen LogP contribution in [0.25, 0.3) is 0 Å². The van der Waals surface area contributed by atoms with Crippen molar-refractivity contribution in [2.75, 3.05) is 25.5 Å². The zero-order valence-corrected chi connectivity index (χ0v) is 10.1. The van der Waals surface area contributed by atoms with E-state index in [0.717, 1.165) is 17.7 Å². The number of carbonyl (C=O) groups is 1. The van der Waals surface area contributed by atoms with Crippen molar-refractivity contribution in [2.24, 2.45) is 0 Å². The van der Waals surface area contributed by atoms with Crippen LogP contribution in [-0.4, -0.2) is 31.4 Å². The van der Waals surface area contributed by atoms with Crippen molar-refractivity contribution in [1.29, 1.82) is 5.26 Å². The first-order valence-corrected chi connectivity index (χ1v) is 5.61. The van der Waals surface area contributed by atoms with Crippen molar-refractivity contribution in [1.82, 2.24) is 4.90 Å². The second-order valence-corrected chi connectivity index (χ2v) is 4.36. The van der Waals surface area contributed by atoms with Gasteiger partial charge in [0.15, 0.2) is 6.19 Å². The van der Waals surface area contributed by atoms with Crippen LogP contribution in [0, 0.1) is 11.5 Å². The zero-order valence-electron chi connectivity index (χ0n) is 10.1. The van der Waals surface area contributed by atoms with Gasteiger partial charge in [-0.3, -0.25) is 4.79 Å². The summed E-state index contributed by atoms with van der Waals surface area (Å²) in [5.41, 5.74) is 3.27. The third kappa shape index (κ3) is 2.23. The fraction of sp³-hybridized carbons (Fsp3) is 0.385. The van der Waals surface area contributed by atoms with Gasteiger partial charge in [-0.2, -0.15) is 5.26 Å². The lowest BCUT2D eigenvalue weighted by atomic mass is 10.1. The minimum atomic E-state index is 0.145. The van der Waals surface area contributed by atoms with Gasteiger partial charge in [0.25, 0.3) is 0 Å². The topological polar surface area (TPSA) is 47.3 Å². The molecular weight excluding hydrogens is 214 g/mol. The van der Waals surface area contributed by atoms with Crippen LogP contribution in [0.15, 0.2) is 18.2 Å². The van der Waals surface area contributed by atoms with Gasteiger partial charge in [-0.25, -0.2) is 0 Å². The largest absolute Gasteiger partial charge is 0.315 e. The van der Waals surface area contributed by atoms with Gasteiger partial charge in [0.2, 0.25) is 5.91 Å². The molecule has 0 aliphatic carbocycles. The normalized spacial score (nSPS) is 13.5. The summed E-state index contributed by atoms with van der Waals surface area (Å²) in [4.78, 5) is 14.8. The highest BCUT2D eigenvalue weighted by Gasteiger charge is 2.23. The Balaban J connectivity index is 2.11. The predicted molar refractivity (Wildman–Crippen MR) is 65.5 cm³/mol. The van der Waals surface area contributed by atoms with Gasteiger partial charge in [-0.05, 0) is 23.6 Å². The molecule has 0 radical (unpaired) electrons. The summed E-state index contributed by atoms with van der Waals surface area (Å²) in [6.07, 6.45) is 3.40. The molecule has 0 fully saturated rings. The van der Waals surface area contributed by atoms with E-state index in [1.807, 2.05) is 12.1 Å². The van der Waals surface area contributed by atoms with Gasteiger partial charge in [0, 0.05) is 26.3 Å². The smallest absolute Gasteiger partial charge is 0.231 e. The predicted octanol–water partition coefficient (Wildman–Crippen LogP) is 1.16. The van der Waals surface area contributed by atoms with Gasteiger partial charge in [-0.1, -0.05) is 12.1 Å². The van der Waals surface area contributed by atoms with Gasteiger partial charge < -0.3 is 9.80 Å². The Morgan fingerprint density at radius 2 is 2.29 bits per heavy atom. The van der Waals surface area contributed by atoms with Crippen molar-refractivity contribution < 1.29 is 4.79 Å². The number of hydrogen-bond acceptors (Lipinski definition) is 3. The van der Waals surface area contributed by atoms with Crippen LogP contribution < -0.4 is 4.90 Å². The molecule has 0 atom stereocenters. The molecule has 1 aromatic rings. The lowest BCUT2D eigenvalue weighted by molar-refractivity contribution is -0.117. The Hall–Kier alpha value is -2.02. The molecule has 4 nitrogen and oxygen atoms in total. The third-order valence-electron chi connectivity index (χ3n) is 3.13.